The van der Waals surface area contributed by atoms with Gasteiger partial charge in [0.25, 0.3) is 15.9 Å². The zero-order chi connectivity index (χ0) is 18.7. The first-order chi connectivity index (χ1) is 12.3. The monoisotopic (exact) mass is 412 g/mol. The van der Waals surface area contributed by atoms with Gasteiger partial charge in [0.05, 0.1) is 5.02 Å². The zero-order valence-corrected chi connectivity index (χ0v) is 16.2. The van der Waals surface area contributed by atoms with Gasteiger partial charge in [0.2, 0.25) is 0 Å². The van der Waals surface area contributed by atoms with E-state index in [2.05, 4.69) is 10.0 Å². The van der Waals surface area contributed by atoms with Crippen molar-refractivity contribution in [3.8, 4) is 0 Å². The molecule has 0 spiro atoms. The van der Waals surface area contributed by atoms with Crippen molar-refractivity contribution >= 4 is 44.8 Å². The maximum atomic E-state index is 12.7. The number of benzene rings is 2. The first-order valence-electron chi connectivity index (χ1n) is 8.24. The predicted molar refractivity (Wildman–Crippen MR) is 103 cm³/mol. The van der Waals surface area contributed by atoms with Crippen LogP contribution in [0.4, 0.5) is 5.69 Å². The standard InChI is InChI=1S/C18H18Cl2N2O3S/c19-13-6-8-15(9-7-13)22-26(24,25)17-11-12(5-10-16(17)20)18(23)21-14-3-1-2-4-14/h5-11,14,22H,1-4H2,(H,21,23). The molecule has 1 amide bonds. The van der Waals surface area contributed by atoms with Crippen LogP contribution in [0.5, 0.6) is 0 Å². The topological polar surface area (TPSA) is 75.3 Å². The number of amides is 1. The average molecular weight is 413 g/mol. The second-order valence-electron chi connectivity index (χ2n) is 6.21. The molecule has 5 nitrogen and oxygen atoms in total. The largest absolute Gasteiger partial charge is 0.349 e. The summed E-state index contributed by atoms with van der Waals surface area (Å²) in [5.74, 6) is -0.295. The normalized spacial score (nSPS) is 15.0. The number of rotatable bonds is 5. The Balaban J connectivity index is 1.83. The number of hydrogen-bond acceptors (Lipinski definition) is 3. The first kappa shape index (κ1) is 19.0. The van der Waals surface area contributed by atoms with E-state index in [9.17, 15) is 13.2 Å². The molecule has 0 unspecified atom stereocenters. The summed E-state index contributed by atoms with van der Waals surface area (Å²) in [5, 5.41) is 3.48. The summed E-state index contributed by atoms with van der Waals surface area (Å²) in [6.07, 6.45) is 4.08. The van der Waals surface area contributed by atoms with Crippen LogP contribution >= 0.6 is 23.2 Å². The van der Waals surface area contributed by atoms with Gasteiger partial charge >= 0.3 is 0 Å². The Bertz CT molecular complexity index is 909. The third-order valence-corrected chi connectivity index (χ3v) is 6.38. The molecule has 2 aromatic carbocycles. The van der Waals surface area contributed by atoms with E-state index in [0.29, 0.717) is 10.7 Å². The van der Waals surface area contributed by atoms with Crippen LogP contribution in [0.15, 0.2) is 47.4 Å². The van der Waals surface area contributed by atoms with Crippen LogP contribution in [-0.4, -0.2) is 20.4 Å². The lowest BCUT2D eigenvalue weighted by atomic mass is 10.2. The van der Waals surface area contributed by atoms with Gasteiger partial charge in [-0.1, -0.05) is 36.0 Å². The summed E-state index contributed by atoms with van der Waals surface area (Å²) in [5.41, 5.74) is 0.615. The predicted octanol–water partition coefficient (Wildman–Crippen LogP) is 4.47. The van der Waals surface area contributed by atoms with Crippen molar-refractivity contribution in [2.75, 3.05) is 4.72 Å². The van der Waals surface area contributed by atoms with Crippen molar-refractivity contribution in [2.45, 2.75) is 36.6 Å². The van der Waals surface area contributed by atoms with Crippen LogP contribution in [-0.2, 0) is 10.0 Å². The molecule has 1 saturated carbocycles. The molecule has 0 heterocycles. The van der Waals surface area contributed by atoms with E-state index in [1.54, 1.807) is 24.3 Å². The van der Waals surface area contributed by atoms with Crippen molar-refractivity contribution in [3.63, 3.8) is 0 Å². The van der Waals surface area contributed by atoms with Gasteiger partial charge in [-0.25, -0.2) is 8.42 Å². The molecule has 3 rings (SSSR count). The number of carbonyl (C=O) groups excluding carboxylic acids is 1. The highest BCUT2D eigenvalue weighted by Gasteiger charge is 2.22. The van der Waals surface area contributed by atoms with Gasteiger partial charge in [0.1, 0.15) is 4.90 Å². The molecule has 138 valence electrons. The molecule has 26 heavy (non-hydrogen) atoms. The van der Waals surface area contributed by atoms with Gasteiger partial charge in [-0.3, -0.25) is 9.52 Å². The molecular formula is C18H18Cl2N2O3S. The number of carbonyl (C=O) groups is 1. The number of nitrogens with one attached hydrogen (secondary N) is 2. The maximum Gasteiger partial charge on any atom is 0.263 e. The van der Waals surface area contributed by atoms with Gasteiger partial charge in [0, 0.05) is 22.3 Å². The average Bonchev–Trinajstić information content (AvgIpc) is 3.10. The second-order valence-corrected chi connectivity index (χ2v) is 8.71. The molecule has 1 fully saturated rings. The van der Waals surface area contributed by atoms with Crippen molar-refractivity contribution in [3.05, 3.63) is 58.1 Å². The van der Waals surface area contributed by atoms with Crippen molar-refractivity contribution in [1.82, 2.24) is 5.32 Å². The Labute approximate surface area is 162 Å². The third kappa shape index (κ3) is 4.50. The molecule has 0 aliphatic heterocycles. The number of halogens is 2. The van der Waals surface area contributed by atoms with E-state index in [1.807, 2.05) is 0 Å². The van der Waals surface area contributed by atoms with Crippen molar-refractivity contribution < 1.29 is 13.2 Å². The number of hydrogen-bond donors (Lipinski definition) is 2. The van der Waals surface area contributed by atoms with Gasteiger partial charge in [-0.05, 0) is 55.3 Å². The molecule has 8 heteroatoms. The Kier molecular flexibility index (Phi) is 5.75. The highest BCUT2D eigenvalue weighted by atomic mass is 35.5. The zero-order valence-electron chi connectivity index (χ0n) is 13.8. The molecule has 1 aliphatic rings. The summed E-state index contributed by atoms with van der Waals surface area (Å²) in [7, 11) is -3.95. The van der Waals surface area contributed by atoms with Crippen LogP contribution in [0.3, 0.4) is 0 Å². The van der Waals surface area contributed by atoms with E-state index in [-0.39, 0.29) is 27.4 Å². The fourth-order valence-corrected chi connectivity index (χ4v) is 4.63. The highest BCUT2D eigenvalue weighted by Crippen LogP contribution is 2.26. The molecule has 2 N–H and O–H groups in total. The molecule has 2 aromatic rings. The fourth-order valence-electron chi connectivity index (χ4n) is 2.92. The van der Waals surface area contributed by atoms with E-state index < -0.39 is 10.0 Å². The fraction of sp³-hybridized carbons (Fsp3) is 0.278. The Morgan fingerprint density at radius 3 is 2.31 bits per heavy atom. The van der Waals surface area contributed by atoms with Crippen LogP contribution < -0.4 is 10.0 Å². The van der Waals surface area contributed by atoms with Gasteiger partial charge in [-0.15, -0.1) is 0 Å². The Morgan fingerprint density at radius 1 is 1.00 bits per heavy atom. The third-order valence-electron chi connectivity index (χ3n) is 4.27. The number of anilines is 1. The van der Waals surface area contributed by atoms with Gasteiger partial charge in [-0.2, -0.15) is 0 Å². The van der Waals surface area contributed by atoms with E-state index in [4.69, 9.17) is 23.2 Å². The van der Waals surface area contributed by atoms with Crippen molar-refractivity contribution in [2.24, 2.45) is 0 Å². The Morgan fingerprint density at radius 2 is 1.65 bits per heavy atom. The summed E-state index contributed by atoms with van der Waals surface area (Å²) in [6, 6.07) is 10.6. The molecule has 0 saturated heterocycles. The van der Waals surface area contributed by atoms with E-state index in [1.165, 1.54) is 18.2 Å². The quantitative estimate of drug-likeness (QED) is 0.760. The lowest BCUT2D eigenvalue weighted by Gasteiger charge is -2.14. The minimum absolute atomic E-state index is 0.0453. The van der Waals surface area contributed by atoms with Crippen LogP contribution in [0.2, 0.25) is 10.0 Å². The lowest BCUT2D eigenvalue weighted by Crippen LogP contribution is -2.32. The minimum atomic E-state index is -3.95. The molecule has 0 atom stereocenters. The summed E-state index contributed by atoms with van der Waals surface area (Å²) < 4.78 is 27.8. The van der Waals surface area contributed by atoms with E-state index >= 15 is 0 Å². The molecule has 1 aliphatic carbocycles. The molecular weight excluding hydrogens is 395 g/mol. The number of sulfonamides is 1. The molecule has 0 radical (unpaired) electrons. The molecule has 0 aromatic heterocycles. The maximum absolute atomic E-state index is 12.7. The summed E-state index contributed by atoms with van der Waals surface area (Å²) >= 11 is 11.9. The highest BCUT2D eigenvalue weighted by molar-refractivity contribution is 7.92. The van der Waals surface area contributed by atoms with Gasteiger partial charge in [0.15, 0.2) is 0 Å². The van der Waals surface area contributed by atoms with Crippen molar-refractivity contribution in [1.29, 1.82) is 0 Å². The van der Waals surface area contributed by atoms with Crippen LogP contribution in [0.1, 0.15) is 36.0 Å². The second kappa shape index (κ2) is 7.86. The van der Waals surface area contributed by atoms with Gasteiger partial charge < -0.3 is 5.32 Å². The smallest absolute Gasteiger partial charge is 0.263 e. The lowest BCUT2D eigenvalue weighted by molar-refractivity contribution is 0.0937. The first-order valence-corrected chi connectivity index (χ1v) is 10.5. The Hall–Kier alpha value is -1.76. The van der Waals surface area contributed by atoms with Crippen LogP contribution in [0, 0.1) is 0 Å². The minimum Gasteiger partial charge on any atom is -0.349 e. The van der Waals surface area contributed by atoms with Crippen LogP contribution in [0.25, 0.3) is 0 Å². The molecule has 0 bridgehead atoms. The summed E-state index contributed by atoms with van der Waals surface area (Å²) in [4.78, 5) is 12.3. The van der Waals surface area contributed by atoms with E-state index in [0.717, 1.165) is 25.7 Å². The SMILES string of the molecule is O=C(NC1CCCC1)c1ccc(Cl)c(S(=O)(=O)Nc2ccc(Cl)cc2)c1. The summed E-state index contributed by atoms with van der Waals surface area (Å²) in [6.45, 7) is 0.